The highest BCUT2D eigenvalue weighted by molar-refractivity contribution is 7.92. The fourth-order valence-corrected chi connectivity index (χ4v) is 3.65. The molecule has 2 rings (SSSR count). The molecule has 0 bridgehead atoms. The Morgan fingerprint density at radius 3 is 2.65 bits per heavy atom. The lowest BCUT2D eigenvalue weighted by Crippen LogP contribution is -2.24. The van der Waals surface area contributed by atoms with E-state index in [1.807, 2.05) is 29.6 Å². The summed E-state index contributed by atoms with van der Waals surface area (Å²) in [4.78, 5) is 16.1. The van der Waals surface area contributed by atoms with Crippen molar-refractivity contribution in [2.45, 2.75) is 13.3 Å². The first kappa shape index (κ1) is 17.4. The second-order valence-electron chi connectivity index (χ2n) is 4.98. The Morgan fingerprint density at radius 2 is 2.04 bits per heavy atom. The number of amides is 1. The van der Waals surface area contributed by atoms with E-state index in [0.717, 1.165) is 17.7 Å². The van der Waals surface area contributed by atoms with Gasteiger partial charge in [0.05, 0.1) is 11.4 Å². The minimum atomic E-state index is -3.46. The molecule has 122 valence electrons. The number of aryl methyl sites for hydroxylation is 1. The Bertz CT molecular complexity index is 793. The van der Waals surface area contributed by atoms with Crippen molar-refractivity contribution >= 4 is 32.2 Å². The van der Waals surface area contributed by atoms with Crippen molar-refractivity contribution in [3.8, 4) is 11.3 Å². The Hall–Kier alpha value is -1.99. The van der Waals surface area contributed by atoms with Crippen LogP contribution in [0.5, 0.6) is 0 Å². The van der Waals surface area contributed by atoms with E-state index in [0.29, 0.717) is 5.13 Å². The molecule has 0 saturated heterocycles. The van der Waals surface area contributed by atoms with Gasteiger partial charge in [0.25, 0.3) is 0 Å². The smallest absolute Gasteiger partial charge is 0.241 e. The van der Waals surface area contributed by atoms with Crippen molar-refractivity contribution in [3.63, 3.8) is 0 Å². The zero-order valence-electron chi connectivity index (χ0n) is 12.8. The quantitative estimate of drug-likeness (QED) is 0.779. The summed E-state index contributed by atoms with van der Waals surface area (Å²) < 4.78 is 23.1. The molecule has 1 aromatic carbocycles. The van der Waals surface area contributed by atoms with E-state index in [4.69, 9.17) is 0 Å². The summed E-state index contributed by atoms with van der Waals surface area (Å²) in [5.41, 5.74) is 2.95. The van der Waals surface area contributed by atoms with Gasteiger partial charge in [0.2, 0.25) is 5.91 Å². The molecule has 0 radical (unpaired) electrons. The summed E-state index contributed by atoms with van der Waals surface area (Å²) >= 11 is 1.26. The van der Waals surface area contributed by atoms with Crippen molar-refractivity contribution in [1.82, 2.24) is 4.98 Å². The molecular weight excluding hydrogens is 332 g/mol. The molecule has 23 heavy (non-hydrogen) atoms. The van der Waals surface area contributed by atoms with E-state index in [1.54, 1.807) is 0 Å². The van der Waals surface area contributed by atoms with Gasteiger partial charge >= 0.3 is 0 Å². The van der Waals surface area contributed by atoms with E-state index in [-0.39, 0.29) is 5.75 Å². The molecule has 0 aliphatic carbocycles. The fraction of sp³-hybridized carbons (Fsp3) is 0.250. The molecule has 1 amide bonds. The minimum Gasteiger partial charge on any atom is -0.301 e. The SMILES string of the molecule is C=CCS(=O)(=O)CC(=O)Nc1nc(-c2ccc(CC)cc2)cs1. The monoisotopic (exact) mass is 350 g/mol. The maximum atomic E-state index is 11.8. The molecule has 5 nitrogen and oxygen atoms in total. The molecule has 0 atom stereocenters. The van der Waals surface area contributed by atoms with Crippen LogP contribution in [0.4, 0.5) is 5.13 Å². The van der Waals surface area contributed by atoms with Gasteiger partial charge in [-0.2, -0.15) is 0 Å². The lowest BCUT2D eigenvalue weighted by Gasteiger charge is -2.02. The van der Waals surface area contributed by atoms with Gasteiger partial charge in [0.15, 0.2) is 15.0 Å². The van der Waals surface area contributed by atoms with E-state index >= 15 is 0 Å². The second kappa shape index (κ2) is 7.52. The number of benzene rings is 1. The largest absolute Gasteiger partial charge is 0.301 e. The highest BCUT2D eigenvalue weighted by atomic mass is 32.2. The van der Waals surface area contributed by atoms with Crippen LogP contribution in [0.15, 0.2) is 42.3 Å². The third-order valence-corrected chi connectivity index (χ3v) is 5.33. The van der Waals surface area contributed by atoms with Crippen molar-refractivity contribution < 1.29 is 13.2 Å². The summed E-state index contributed by atoms with van der Waals surface area (Å²) in [6, 6.07) is 8.03. The zero-order valence-corrected chi connectivity index (χ0v) is 14.4. The summed E-state index contributed by atoms with van der Waals surface area (Å²) in [6.07, 6.45) is 2.24. The third-order valence-electron chi connectivity index (χ3n) is 3.13. The number of rotatable bonds is 7. The first-order valence-corrected chi connectivity index (χ1v) is 9.79. The van der Waals surface area contributed by atoms with Gasteiger partial charge in [-0.1, -0.05) is 37.3 Å². The van der Waals surface area contributed by atoms with E-state index < -0.39 is 21.5 Å². The van der Waals surface area contributed by atoms with Gasteiger partial charge in [-0.05, 0) is 12.0 Å². The van der Waals surface area contributed by atoms with Crippen molar-refractivity contribution in [3.05, 3.63) is 47.9 Å². The molecule has 7 heteroatoms. The number of nitrogens with one attached hydrogen (secondary N) is 1. The normalized spacial score (nSPS) is 11.2. The highest BCUT2D eigenvalue weighted by Crippen LogP contribution is 2.25. The van der Waals surface area contributed by atoms with Gasteiger partial charge in [-0.3, -0.25) is 4.79 Å². The molecule has 2 aromatic rings. The zero-order chi connectivity index (χ0) is 16.9. The Morgan fingerprint density at radius 1 is 1.35 bits per heavy atom. The van der Waals surface area contributed by atoms with Crippen LogP contribution in [-0.4, -0.2) is 30.8 Å². The third kappa shape index (κ3) is 5.01. The molecule has 0 saturated carbocycles. The Kier molecular flexibility index (Phi) is 5.68. The summed E-state index contributed by atoms with van der Waals surface area (Å²) in [6.45, 7) is 5.45. The average Bonchev–Trinajstić information content (AvgIpc) is 2.94. The average molecular weight is 350 g/mol. The number of aromatic nitrogens is 1. The van der Waals surface area contributed by atoms with Crippen LogP contribution in [0.25, 0.3) is 11.3 Å². The number of hydrogen-bond donors (Lipinski definition) is 1. The first-order valence-electron chi connectivity index (χ1n) is 7.09. The van der Waals surface area contributed by atoms with Gasteiger partial charge in [0.1, 0.15) is 5.75 Å². The predicted molar refractivity (Wildman–Crippen MR) is 94.4 cm³/mol. The molecule has 1 heterocycles. The van der Waals surface area contributed by atoms with E-state index in [9.17, 15) is 13.2 Å². The summed E-state index contributed by atoms with van der Waals surface area (Å²) in [7, 11) is -3.46. The number of nitrogens with zero attached hydrogens (tertiary/aromatic N) is 1. The predicted octanol–water partition coefficient (Wildman–Crippen LogP) is 2.91. The van der Waals surface area contributed by atoms with Crippen LogP contribution >= 0.6 is 11.3 Å². The van der Waals surface area contributed by atoms with Crippen LogP contribution in [0.1, 0.15) is 12.5 Å². The highest BCUT2D eigenvalue weighted by Gasteiger charge is 2.16. The van der Waals surface area contributed by atoms with Crippen LogP contribution in [0, 0.1) is 0 Å². The standard InChI is InChI=1S/C16H18N2O3S2/c1-3-9-23(20,21)11-15(19)18-16-17-14(10-22-16)13-7-5-12(4-2)6-8-13/h3,5-8,10H,1,4,9,11H2,2H3,(H,17,18,19). The van der Waals surface area contributed by atoms with Gasteiger partial charge < -0.3 is 5.32 Å². The van der Waals surface area contributed by atoms with Gasteiger partial charge in [-0.15, -0.1) is 17.9 Å². The molecule has 0 spiro atoms. The van der Waals surface area contributed by atoms with Crippen LogP contribution in [-0.2, 0) is 21.1 Å². The van der Waals surface area contributed by atoms with Crippen molar-refractivity contribution in [2.24, 2.45) is 0 Å². The molecule has 0 fully saturated rings. The lowest BCUT2D eigenvalue weighted by atomic mass is 10.1. The van der Waals surface area contributed by atoms with Crippen LogP contribution < -0.4 is 5.32 Å². The van der Waals surface area contributed by atoms with E-state index in [2.05, 4.69) is 23.8 Å². The number of thiazole rings is 1. The number of carbonyl (C=O) groups is 1. The van der Waals surface area contributed by atoms with Gasteiger partial charge in [0, 0.05) is 10.9 Å². The minimum absolute atomic E-state index is 0.215. The van der Waals surface area contributed by atoms with Crippen molar-refractivity contribution in [2.75, 3.05) is 16.8 Å². The maximum Gasteiger partial charge on any atom is 0.241 e. The Labute approximate surface area is 140 Å². The van der Waals surface area contributed by atoms with Gasteiger partial charge in [-0.25, -0.2) is 13.4 Å². The van der Waals surface area contributed by atoms with Crippen molar-refractivity contribution in [1.29, 1.82) is 0 Å². The Balaban J connectivity index is 2.04. The summed E-state index contributed by atoms with van der Waals surface area (Å²) in [5, 5.41) is 4.74. The summed E-state index contributed by atoms with van der Waals surface area (Å²) in [5.74, 6) is -1.37. The number of hydrogen-bond acceptors (Lipinski definition) is 5. The molecule has 0 aliphatic heterocycles. The number of anilines is 1. The van der Waals surface area contributed by atoms with Crippen LogP contribution in [0.3, 0.4) is 0 Å². The lowest BCUT2D eigenvalue weighted by molar-refractivity contribution is -0.113. The topological polar surface area (TPSA) is 76.1 Å². The molecule has 0 aliphatic rings. The fourth-order valence-electron chi connectivity index (χ4n) is 1.97. The van der Waals surface area contributed by atoms with Crippen LogP contribution in [0.2, 0.25) is 0 Å². The molecular formula is C16H18N2O3S2. The molecule has 1 N–H and O–H groups in total. The molecule has 1 aromatic heterocycles. The first-order chi connectivity index (χ1) is 10.9. The second-order valence-corrected chi connectivity index (χ2v) is 7.95. The number of sulfone groups is 1. The maximum absolute atomic E-state index is 11.8. The van der Waals surface area contributed by atoms with E-state index in [1.165, 1.54) is 23.0 Å². The molecule has 0 unspecified atom stereocenters. The number of carbonyl (C=O) groups excluding carboxylic acids is 1.